The smallest absolute Gasteiger partial charge is 0.209 e. The van der Waals surface area contributed by atoms with Crippen molar-refractivity contribution in [1.82, 2.24) is 10.3 Å². The van der Waals surface area contributed by atoms with E-state index in [4.69, 9.17) is 5.26 Å². The Kier molecular flexibility index (Phi) is 5.31. The molecule has 0 saturated heterocycles. The summed E-state index contributed by atoms with van der Waals surface area (Å²) < 4.78 is 0. The molecule has 0 aliphatic carbocycles. The molecule has 0 spiro atoms. The molecule has 102 valence electrons. The van der Waals surface area contributed by atoms with E-state index in [2.05, 4.69) is 48.3 Å². The molecular formula is C14H21N5. The van der Waals surface area contributed by atoms with E-state index in [9.17, 15) is 0 Å². The van der Waals surface area contributed by atoms with Crippen molar-refractivity contribution in [3.63, 3.8) is 0 Å². The van der Waals surface area contributed by atoms with Crippen LogP contribution in [0.15, 0.2) is 29.5 Å². The number of aromatic nitrogens is 1. The summed E-state index contributed by atoms with van der Waals surface area (Å²) in [6, 6.07) is 3.65. The van der Waals surface area contributed by atoms with Gasteiger partial charge in [0.15, 0.2) is 6.19 Å². The lowest BCUT2D eigenvalue weighted by Gasteiger charge is -2.23. The highest BCUT2D eigenvalue weighted by Gasteiger charge is 2.19. The van der Waals surface area contributed by atoms with Crippen LogP contribution in [0.4, 0.5) is 5.69 Å². The van der Waals surface area contributed by atoms with Crippen molar-refractivity contribution in [2.24, 2.45) is 10.9 Å². The van der Waals surface area contributed by atoms with Gasteiger partial charge in [0.25, 0.3) is 0 Å². The van der Waals surface area contributed by atoms with Gasteiger partial charge in [-0.05, 0) is 38.3 Å². The molecule has 0 aliphatic rings. The van der Waals surface area contributed by atoms with E-state index in [0.29, 0.717) is 11.9 Å². The predicted octanol–water partition coefficient (Wildman–Crippen LogP) is 2.74. The van der Waals surface area contributed by atoms with Gasteiger partial charge >= 0.3 is 0 Å². The maximum atomic E-state index is 8.80. The van der Waals surface area contributed by atoms with Gasteiger partial charge in [-0.25, -0.2) is 4.99 Å². The molecule has 0 saturated carbocycles. The van der Waals surface area contributed by atoms with Gasteiger partial charge in [0.1, 0.15) is 0 Å². The second kappa shape index (κ2) is 6.74. The van der Waals surface area contributed by atoms with Gasteiger partial charge in [-0.1, -0.05) is 13.8 Å². The van der Waals surface area contributed by atoms with E-state index in [-0.39, 0.29) is 5.54 Å². The Morgan fingerprint density at radius 3 is 2.58 bits per heavy atom. The summed E-state index contributed by atoms with van der Waals surface area (Å²) >= 11 is 0. The number of anilines is 1. The van der Waals surface area contributed by atoms with Crippen molar-refractivity contribution in [2.45, 2.75) is 39.7 Å². The maximum Gasteiger partial charge on any atom is 0.209 e. The summed E-state index contributed by atoms with van der Waals surface area (Å²) in [5.41, 5.74) is 0.616. The number of hydrogen-bond acceptors (Lipinski definition) is 3. The quantitative estimate of drug-likeness (QED) is 0.377. The minimum absolute atomic E-state index is 0.229. The Balaban J connectivity index is 2.85. The molecule has 1 aromatic heterocycles. The number of nitrogens with one attached hydrogen (secondary N) is 2. The predicted molar refractivity (Wildman–Crippen MR) is 77.6 cm³/mol. The third kappa shape index (κ3) is 5.87. The highest BCUT2D eigenvalue weighted by Crippen LogP contribution is 2.20. The molecule has 0 aliphatic heterocycles. The lowest BCUT2D eigenvalue weighted by molar-refractivity contribution is 0.402. The summed E-state index contributed by atoms with van der Waals surface area (Å²) in [6.45, 7) is 8.43. The molecule has 1 aromatic rings. The number of hydrogen-bond donors (Lipinski definition) is 2. The van der Waals surface area contributed by atoms with E-state index in [1.165, 1.54) is 0 Å². The first-order valence-corrected chi connectivity index (χ1v) is 6.35. The Morgan fingerprint density at radius 2 is 2.05 bits per heavy atom. The van der Waals surface area contributed by atoms with E-state index in [0.717, 1.165) is 12.1 Å². The van der Waals surface area contributed by atoms with Gasteiger partial charge in [0.2, 0.25) is 5.96 Å². The molecule has 0 amide bonds. The van der Waals surface area contributed by atoms with Crippen molar-refractivity contribution in [2.75, 3.05) is 5.32 Å². The van der Waals surface area contributed by atoms with Gasteiger partial charge in [-0.15, -0.1) is 0 Å². The zero-order valence-corrected chi connectivity index (χ0v) is 11.9. The van der Waals surface area contributed by atoms with Crippen LogP contribution in [0, 0.1) is 17.4 Å². The van der Waals surface area contributed by atoms with E-state index >= 15 is 0 Å². The Morgan fingerprint density at radius 1 is 1.42 bits per heavy atom. The van der Waals surface area contributed by atoms with Crippen LogP contribution < -0.4 is 10.6 Å². The lowest BCUT2D eigenvalue weighted by Crippen LogP contribution is -2.32. The summed E-state index contributed by atoms with van der Waals surface area (Å²) in [6.07, 6.45) is 6.22. The minimum Gasteiger partial charge on any atom is -0.325 e. The second-order valence-electron chi connectivity index (χ2n) is 5.47. The van der Waals surface area contributed by atoms with E-state index in [1.807, 2.05) is 18.3 Å². The molecule has 0 atom stereocenters. The fraction of sp³-hybridized carbons (Fsp3) is 0.500. The molecule has 5 heteroatoms. The number of nitrogens with zero attached hydrogens (tertiary/aromatic N) is 3. The first kappa shape index (κ1) is 15.0. The summed E-state index contributed by atoms with van der Waals surface area (Å²) in [4.78, 5) is 8.53. The molecule has 5 nitrogen and oxygen atoms in total. The van der Waals surface area contributed by atoms with Crippen LogP contribution in [0.25, 0.3) is 0 Å². The Bertz CT molecular complexity index is 456. The number of aliphatic imine (C=N–C) groups is 1. The fourth-order valence-corrected chi connectivity index (χ4v) is 2.06. The average molecular weight is 259 g/mol. The monoisotopic (exact) mass is 259 g/mol. The summed E-state index contributed by atoms with van der Waals surface area (Å²) in [5.74, 6) is 1.00. The van der Waals surface area contributed by atoms with Crippen molar-refractivity contribution < 1.29 is 0 Å². The fourth-order valence-electron chi connectivity index (χ4n) is 2.06. The highest BCUT2D eigenvalue weighted by molar-refractivity contribution is 5.94. The molecule has 1 rings (SSSR count). The average Bonchev–Trinajstić information content (AvgIpc) is 2.28. The van der Waals surface area contributed by atoms with E-state index < -0.39 is 0 Å². The summed E-state index contributed by atoms with van der Waals surface area (Å²) in [7, 11) is 0. The molecule has 19 heavy (non-hydrogen) atoms. The highest BCUT2D eigenvalue weighted by atomic mass is 15.2. The topological polar surface area (TPSA) is 73.1 Å². The van der Waals surface area contributed by atoms with Crippen molar-refractivity contribution in [3.05, 3.63) is 24.5 Å². The number of guanidine groups is 1. The minimum atomic E-state index is -0.229. The van der Waals surface area contributed by atoms with Crippen LogP contribution >= 0.6 is 0 Å². The van der Waals surface area contributed by atoms with Gasteiger partial charge in [0.05, 0.1) is 5.54 Å². The van der Waals surface area contributed by atoms with Crippen molar-refractivity contribution in [1.29, 1.82) is 5.26 Å². The maximum absolute atomic E-state index is 8.80. The molecule has 0 fully saturated rings. The number of pyridine rings is 1. The zero-order valence-electron chi connectivity index (χ0n) is 11.9. The van der Waals surface area contributed by atoms with Crippen LogP contribution in [0.1, 0.15) is 34.1 Å². The van der Waals surface area contributed by atoms with Crippen LogP contribution in [-0.4, -0.2) is 16.5 Å². The van der Waals surface area contributed by atoms with Crippen LogP contribution in [0.2, 0.25) is 0 Å². The zero-order chi connectivity index (χ0) is 14.3. The molecule has 2 N–H and O–H groups in total. The first-order valence-electron chi connectivity index (χ1n) is 6.35. The molecular weight excluding hydrogens is 238 g/mol. The van der Waals surface area contributed by atoms with Crippen LogP contribution in [-0.2, 0) is 0 Å². The Labute approximate surface area is 114 Å². The lowest BCUT2D eigenvalue weighted by atomic mass is 9.94. The largest absolute Gasteiger partial charge is 0.325 e. The van der Waals surface area contributed by atoms with Gasteiger partial charge in [-0.3, -0.25) is 10.3 Å². The second-order valence-corrected chi connectivity index (χ2v) is 5.47. The molecule has 0 unspecified atom stereocenters. The van der Waals surface area contributed by atoms with Crippen molar-refractivity contribution >= 4 is 11.6 Å². The third-order valence-corrected chi connectivity index (χ3v) is 2.44. The Hall–Kier alpha value is -2.09. The van der Waals surface area contributed by atoms with Gasteiger partial charge < -0.3 is 5.32 Å². The SMILES string of the molecule is CC(C)CC(C)(C)N=C(NC#N)Nc1ccncc1. The first-order chi connectivity index (χ1) is 8.93. The van der Waals surface area contributed by atoms with Gasteiger partial charge in [0, 0.05) is 18.1 Å². The number of rotatable bonds is 4. The molecule has 0 bridgehead atoms. The molecule has 0 aromatic carbocycles. The normalized spacial score (nSPS) is 12.1. The van der Waals surface area contributed by atoms with Gasteiger partial charge in [-0.2, -0.15) is 5.26 Å². The standard InChI is InChI=1S/C14H21N5/c1-11(2)9-14(3,4)19-13(17-10-15)18-12-5-7-16-8-6-12/h5-8,11H,9H2,1-4H3,(H2,16,17,18,19). The van der Waals surface area contributed by atoms with Crippen molar-refractivity contribution in [3.8, 4) is 6.19 Å². The van der Waals surface area contributed by atoms with Crippen LogP contribution in [0.5, 0.6) is 0 Å². The molecule has 0 radical (unpaired) electrons. The van der Waals surface area contributed by atoms with E-state index in [1.54, 1.807) is 12.4 Å². The summed E-state index contributed by atoms with van der Waals surface area (Å²) in [5, 5.41) is 14.5. The number of nitriles is 1. The molecule has 1 heterocycles. The third-order valence-electron chi connectivity index (χ3n) is 2.44. The van der Waals surface area contributed by atoms with Crippen LogP contribution in [0.3, 0.4) is 0 Å².